The highest BCUT2D eigenvalue weighted by Gasteiger charge is 2.16. The third kappa shape index (κ3) is 3.43. The first-order chi connectivity index (χ1) is 13.0. The Morgan fingerprint density at radius 2 is 1.89 bits per heavy atom. The van der Waals surface area contributed by atoms with Crippen molar-refractivity contribution in [2.45, 2.75) is 0 Å². The number of nitrogens with one attached hydrogen (secondary N) is 2. The van der Waals surface area contributed by atoms with E-state index in [1.165, 1.54) is 24.3 Å². The van der Waals surface area contributed by atoms with Gasteiger partial charge in [-0.2, -0.15) is 5.10 Å². The average Bonchev–Trinajstić information content (AvgIpc) is 3.23. The van der Waals surface area contributed by atoms with Crippen molar-refractivity contribution in [2.75, 3.05) is 10.6 Å². The predicted molar refractivity (Wildman–Crippen MR) is 105 cm³/mol. The highest BCUT2D eigenvalue weighted by atomic mass is 79.9. The van der Waals surface area contributed by atoms with Crippen LogP contribution < -0.4 is 10.6 Å². The van der Waals surface area contributed by atoms with Gasteiger partial charge in [0.15, 0.2) is 0 Å². The van der Waals surface area contributed by atoms with E-state index in [4.69, 9.17) is 4.42 Å². The zero-order valence-electron chi connectivity index (χ0n) is 14.2. The first-order valence-corrected chi connectivity index (χ1v) is 8.83. The molecule has 0 aliphatic rings. The molecule has 0 unspecified atom stereocenters. The fraction of sp³-hybridized carbons (Fsp3) is 0.0526. The molecule has 2 aromatic heterocycles. The Hall–Kier alpha value is -3.13. The summed E-state index contributed by atoms with van der Waals surface area (Å²) in [5, 5.41) is 10.5. The van der Waals surface area contributed by atoms with Crippen LogP contribution in [0.4, 0.5) is 20.6 Å². The maximum absolute atomic E-state index is 13.0. The van der Waals surface area contributed by atoms with Gasteiger partial charge in [-0.25, -0.2) is 9.18 Å². The monoisotopic (exact) mass is 428 g/mol. The van der Waals surface area contributed by atoms with E-state index in [2.05, 4.69) is 31.7 Å². The van der Waals surface area contributed by atoms with Crippen LogP contribution in [0.2, 0.25) is 0 Å². The fourth-order valence-corrected chi connectivity index (χ4v) is 3.43. The van der Waals surface area contributed by atoms with E-state index in [0.29, 0.717) is 17.0 Å². The molecule has 0 aliphatic heterocycles. The lowest BCUT2D eigenvalue weighted by molar-refractivity contribution is 0.262. The van der Waals surface area contributed by atoms with Crippen LogP contribution in [0.5, 0.6) is 0 Å². The third-order valence-corrected chi connectivity index (χ3v) is 4.64. The molecule has 4 rings (SSSR count). The summed E-state index contributed by atoms with van der Waals surface area (Å²) in [6, 6.07) is 10.6. The Morgan fingerprint density at radius 1 is 1.15 bits per heavy atom. The second-order valence-corrected chi connectivity index (χ2v) is 6.77. The summed E-state index contributed by atoms with van der Waals surface area (Å²) in [7, 11) is 1.83. The normalized spacial score (nSPS) is 10.9. The van der Waals surface area contributed by atoms with Gasteiger partial charge in [-0.1, -0.05) is 0 Å². The summed E-state index contributed by atoms with van der Waals surface area (Å²) in [5.74, 6) is -0.363. The molecule has 0 fully saturated rings. The molecule has 27 heavy (non-hydrogen) atoms. The Morgan fingerprint density at radius 3 is 2.59 bits per heavy atom. The Bertz CT molecular complexity index is 1120. The Balaban J connectivity index is 1.66. The van der Waals surface area contributed by atoms with Crippen LogP contribution in [0.25, 0.3) is 22.2 Å². The maximum Gasteiger partial charge on any atom is 0.323 e. The van der Waals surface area contributed by atoms with Crippen molar-refractivity contribution in [3.05, 3.63) is 65.2 Å². The summed E-state index contributed by atoms with van der Waals surface area (Å²) in [6.45, 7) is 0. The standard InChI is InChI=1S/C19H14BrFN4O2/c1-25-17(16(20)10-22-25)15-9-14(8-11-6-7-27-18(11)15)24-19(26)23-13-4-2-12(21)3-5-13/h2-10H,1H3,(H2,23,24,26). The van der Waals surface area contributed by atoms with Gasteiger partial charge >= 0.3 is 6.03 Å². The lowest BCUT2D eigenvalue weighted by Gasteiger charge is -2.11. The van der Waals surface area contributed by atoms with E-state index in [1.54, 1.807) is 17.1 Å². The Kier molecular flexibility index (Phi) is 4.41. The van der Waals surface area contributed by atoms with Crippen molar-refractivity contribution in [2.24, 2.45) is 7.05 Å². The van der Waals surface area contributed by atoms with Crippen LogP contribution in [0.3, 0.4) is 0 Å². The van der Waals surface area contributed by atoms with Gasteiger partial charge in [-0.15, -0.1) is 0 Å². The molecule has 2 aromatic carbocycles. The van der Waals surface area contributed by atoms with Gasteiger partial charge < -0.3 is 15.1 Å². The minimum atomic E-state index is -0.431. The summed E-state index contributed by atoms with van der Waals surface area (Å²) in [6.07, 6.45) is 3.30. The number of carbonyl (C=O) groups excluding carboxylic acids is 1. The molecular formula is C19H14BrFN4O2. The van der Waals surface area contributed by atoms with E-state index in [-0.39, 0.29) is 5.82 Å². The zero-order valence-corrected chi connectivity index (χ0v) is 15.7. The molecule has 0 spiro atoms. The highest BCUT2D eigenvalue weighted by Crippen LogP contribution is 2.36. The molecule has 0 radical (unpaired) electrons. The van der Waals surface area contributed by atoms with Crippen molar-refractivity contribution in [1.82, 2.24) is 9.78 Å². The molecule has 2 amide bonds. The quantitative estimate of drug-likeness (QED) is 0.460. The molecule has 6 nitrogen and oxygen atoms in total. The van der Waals surface area contributed by atoms with E-state index >= 15 is 0 Å². The summed E-state index contributed by atoms with van der Waals surface area (Å²) in [4.78, 5) is 12.3. The minimum Gasteiger partial charge on any atom is -0.464 e. The number of nitrogens with zero attached hydrogens (tertiary/aromatic N) is 2. The number of hydrogen-bond acceptors (Lipinski definition) is 3. The van der Waals surface area contributed by atoms with E-state index < -0.39 is 6.03 Å². The molecule has 0 saturated heterocycles. The largest absolute Gasteiger partial charge is 0.464 e. The van der Waals surface area contributed by atoms with E-state index in [9.17, 15) is 9.18 Å². The lowest BCUT2D eigenvalue weighted by atomic mass is 10.1. The smallest absolute Gasteiger partial charge is 0.323 e. The molecule has 0 bridgehead atoms. The summed E-state index contributed by atoms with van der Waals surface area (Å²) >= 11 is 3.50. The number of halogens is 2. The van der Waals surface area contributed by atoms with Crippen molar-refractivity contribution in [3.8, 4) is 11.3 Å². The number of anilines is 2. The second kappa shape index (κ2) is 6.88. The molecular weight excluding hydrogens is 415 g/mol. The topological polar surface area (TPSA) is 72.1 Å². The van der Waals surface area contributed by atoms with E-state index in [0.717, 1.165) is 21.1 Å². The average molecular weight is 429 g/mol. The van der Waals surface area contributed by atoms with Crippen molar-refractivity contribution < 1.29 is 13.6 Å². The summed E-state index contributed by atoms with van der Waals surface area (Å²) in [5.41, 5.74) is 3.40. The van der Waals surface area contributed by atoms with Crippen LogP contribution in [0.1, 0.15) is 0 Å². The first kappa shape index (κ1) is 17.3. The van der Waals surface area contributed by atoms with Crippen LogP contribution in [-0.4, -0.2) is 15.8 Å². The van der Waals surface area contributed by atoms with Gasteiger partial charge in [0.2, 0.25) is 0 Å². The zero-order chi connectivity index (χ0) is 19.0. The van der Waals surface area contributed by atoms with Gasteiger partial charge in [0.1, 0.15) is 11.4 Å². The third-order valence-electron chi connectivity index (χ3n) is 4.06. The molecule has 8 heteroatoms. The lowest BCUT2D eigenvalue weighted by Crippen LogP contribution is -2.19. The Labute approximate surface area is 162 Å². The molecule has 136 valence electrons. The number of benzene rings is 2. The SMILES string of the molecule is Cn1ncc(Br)c1-c1cc(NC(=O)Nc2ccc(F)cc2)cc2ccoc12. The van der Waals surface area contributed by atoms with Gasteiger partial charge in [-0.3, -0.25) is 4.68 Å². The number of amides is 2. The molecule has 4 aromatic rings. The fourth-order valence-electron chi connectivity index (χ4n) is 2.87. The highest BCUT2D eigenvalue weighted by molar-refractivity contribution is 9.10. The van der Waals surface area contributed by atoms with Crippen LogP contribution in [0, 0.1) is 5.82 Å². The van der Waals surface area contributed by atoms with Gasteiger partial charge in [0.05, 0.1) is 22.6 Å². The van der Waals surface area contributed by atoms with Gasteiger partial charge in [0, 0.05) is 29.4 Å². The van der Waals surface area contributed by atoms with Gasteiger partial charge in [0.25, 0.3) is 0 Å². The predicted octanol–water partition coefficient (Wildman–Crippen LogP) is 5.38. The molecule has 2 heterocycles. The molecule has 0 aliphatic carbocycles. The number of rotatable bonds is 3. The van der Waals surface area contributed by atoms with Crippen molar-refractivity contribution in [1.29, 1.82) is 0 Å². The van der Waals surface area contributed by atoms with E-state index in [1.807, 2.05) is 25.2 Å². The van der Waals surface area contributed by atoms with Crippen LogP contribution in [0.15, 0.2) is 63.8 Å². The maximum atomic E-state index is 13.0. The first-order valence-electron chi connectivity index (χ1n) is 8.04. The van der Waals surface area contributed by atoms with Crippen molar-refractivity contribution in [3.63, 3.8) is 0 Å². The minimum absolute atomic E-state index is 0.363. The van der Waals surface area contributed by atoms with Gasteiger partial charge in [-0.05, 0) is 58.4 Å². The number of hydrogen-bond donors (Lipinski definition) is 2. The van der Waals surface area contributed by atoms with Crippen LogP contribution >= 0.6 is 15.9 Å². The number of fused-ring (bicyclic) bond motifs is 1. The molecule has 0 atom stereocenters. The van der Waals surface area contributed by atoms with Crippen LogP contribution in [-0.2, 0) is 7.05 Å². The number of aryl methyl sites for hydroxylation is 1. The number of urea groups is 1. The second-order valence-electron chi connectivity index (χ2n) is 5.91. The number of carbonyl (C=O) groups is 1. The number of furan rings is 1. The summed E-state index contributed by atoms with van der Waals surface area (Å²) < 4.78 is 21.1. The molecule has 0 saturated carbocycles. The molecule has 2 N–H and O–H groups in total. The van der Waals surface area contributed by atoms with Crippen molar-refractivity contribution >= 4 is 44.3 Å². The number of aromatic nitrogens is 2.